The topological polar surface area (TPSA) is 42.2 Å². The minimum absolute atomic E-state index is 0.0482. The van der Waals surface area contributed by atoms with E-state index in [4.69, 9.17) is 27.6 Å². The summed E-state index contributed by atoms with van der Waals surface area (Å²) in [7, 11) is 0. The Bertz CT molecular complexity index is 950. The van der Waals surface area contributed by atoms with Crippen LogP contribution in [0.15, 0.2) is 59.0 Å². The maximum atomic E-state index is 12.9. The summed E-state index contributed by atoms with van der Waals surface area (Å²) >= 11 is 11.7. The molecule has 0 unspecified atom stereocenters. The number of carbonyl (C=O) groups excluding carboxylic acids is 1. The largest absolute Gasteiger partial charge is 0.451 e. The number of furan rings is 1. The van der Waals surface area contributed by atoms with E-state index in [9.17, 15) is 18.0 Å². The van der Waals surface area contributed by atoms with E-state index in [0.717, 1.165) is 18.2 Å². The van der Waals surface area contributed by atoms with Gasteiger partial charge >= 0.3 is 6.18 Å². The van der Waals surface area contributed by atoms with Crippen molar-refractivity contribution in [1.82, 2.24) is 0 Å². The van der Waals surface area contributed by atoms with Crippen LogP contribution in [0.3, 0.4) is 0 Å². The van der Waals surface area contributed by atoms with Crippen molar-refractivity contribution in [2.45, 2.75) is 6.18 Å². The Morgan fingerprint density at radius 3 is 2.31 bits per heavy atom. The number of nitrogens with one attached hydrogen (secondary N) is 1. The molecule has 0 radical (unpaired) electrons. The lowest BCUT2D eigenvalue weighted by molar-refractivity contribution is -0.137. The quantitative estimate of drug-likeness (QED) is 0.544. The average molecular weight is 400 g/mol. The molecule has 0 saturated heterocycles. The highest BCUT2D eigenvalue weighted by Gasteiger charge is 2.31. The zero-order valence-corrected chi connectivity index (χ0v) is 14.4. The first kappa shape index (κ1) is 18.4. The van der Waals surface area contributed by atoms with Crippen molar-refractivity contribution in [3.8, 4) is 11.3 Å². The predicted molar refractivity (Wildman–Crippen MR) is 93.6 cm³/mol. The van der Waals surface area contributed by atoms with Crippen molar-refractivity contribution in [1.29, 1.82) is 0 Å². The molecule has 134 valence electrons. The molecule has 1 heterocycles. The van der Waals surface area contributed by atoms with E-state index in [1.807, 2.05) is 0 Å². The van der Waals surface area contributed by atoms with Crippen molar-refractivity contribution >= 4 is 34.8 Å². The zero-order chi connectivity index (χ0) is 18.9. The molecule has 1 amide bonds. The van der Waals surface area contributed by atoms with E-state index in [2.05, 4.69) is 5.32 Å². The Balaban J connectivity index is 1.85. The smallest absolute Gasteiger partial charge is 0.416 e. The van der Waals surface area contributed by atoms with Crippen LogP contribution < -0.4 is 5.32 Å². The van der Waals surface area contributed by atoms with Gasteiger partial charge in [-0.15, -0.1) is 0 Å². The molecule has 0 spiro atoms. The molecule has 1 aromatic heterocycles. The Kier molecular flexibility index (Phi) is 4.98. The van der Waals surface area contributed by atoms with Crippen LogP contribution in [0, 0.1) is 0 Å². The molecule has 0 bridgehead atoms. The molecule has 0 atom stereocenters. The second-order valence-corrected chi connectivity index (χ2v) is 6.16. The van der Waals surface area contributed by atoms with Crippen molar-refractivity contribution in [2.24, 2.45) is 0 Å². The minimum Gasteiger partial charge on any atom is -0.451 e. The monoisotopic (exact) mass is 399 g/mol. The van der Waals surface area contributed by atoms with Crippen LogP contribution in [0.4, 0.5) is 18.9 Å². The third kappa shape index (κ3) is 4.03. The van der Waals surface area contributed by atoms with Gasteiger partial charge in [-0.1, -0.05) is 23.2 Å². The highest BCUT2D eigenvalue weighted by atomic mass is 35.5. The van der Waals surface area contributed by atoms with Gasteiger partial charge in [-0.05, 0) is 54.6 Å². The van der Waals surface area contributed by atoms with Gasteiger partial charge in [0.15, 0.2) is 5.76 Å². The normalized spacial score (nSPS) is 11.4. The van der Waals surface area contributed by atoms with Crippen molar-refractivity contribution in [2.75, 3.05) is 5.32 Å². The Hall–Kier alpha value is -2.44. The van der Waals surface area contributed by atoms with Crippen molar-refractivity contribution < 1.29 is 22.4 Å². The summed E-state index contributed by atoms with van der Waals surface area (Å²) in [6.45, 7) is 0. The van der Waals surface area contributed by atoms with Crippen LogP contribution in [0.2, 0.25) is 10.0 Å². The van der Waals surface area contributed by atoms with Gasteiger partial charge in [0.2, 0.25) is 0 Å². The summed E-state index contributed by atoms with van der Waals surface area (Å²) in [5.74, 6) is -0.563. The van der Waals surface area contributed by atoms with Crippen LogP contribution in [0.1, 0.15) is 16.1 Å². The summed E-state index contributed by atoms with van der Waals surface area (Å²) < 4.78 is 44.0. The summed E-state index contributed by atoms with van der Waals surface area (Å²) in [4.78, 5) is 12.2. The number of anilines is 1. The number of alkyl halides is 3. The van der Waals surface area contributed by atoms with Crippen molar-refractivity contribution in [3.05, 3.63) is 76.0 Å². The van der Waals surface area contributed by atoms with Gasteiger partial charge in [-0.25, -0.2) is 0 Å². The van der Waals surface area contributed by atoms with Crippen molar-refractivity contribution in [3.63, 3.8) is 0 Å². The van der Waals surface area contributed by atoms with Crippen LogP contribution in [0.25, 0.3) is 11.3 Å². The number of amides is 1. The molecule has 3 nitrogen and oxygen atoms in total. The van der Waals surface area contributed by atoms with Gasteiger partial charge in [0.1, 0.15) is 5.76 Å². The molecule has 3 rings (SSSR count). The fraction of sp³-hybridized carbons (Fsp3) is 0.0556. The van der Waals surface area contributed by atoms with Gasteiger partial charge in [-0.3, -0.25) is 4.79 Å². The molecular weight excluding hydrogens is 390 g/mol. The number of benzene rings is 2. The summed E-state index contributed by atoms with van der Waals surface area (Å²) in [6, 6.07) is 12.1. The molecule has 1 N–H and O–H groups in total. The molecule has 2 aromatic carbocycles. The lowest BCUT2D eigenvalue weighted by atomic mass is 10.1. The van der Waals surface area contributed by atoms with E-state index < -0.39 is 17.6 Å². The Morgan fingerprint density at radius 1 is 0.962 bits per heavy atom. The van der Waals surface area contributed by atoms with Crippen LogP contribution in [0.5, 0.6) is 0 Å². The molecule has 0 saturated carbocycles. The van der Waals surface area contributed by atoms with Gasteiger partial charge in [0, 0.05) is 16.3 Å². The van der Waals surface area contributed by atoms with Gasteiger partial charge in [0.05, 0.1) is 10.6 Å². The number of hydrogen-bond donors (Lipinski definition) is 1. The Labute approximate surface area is 156 Å². The fourth-order valence-electron chi connectivity index (χ4n) is 2.22. The molecule has 0 aliphatic carbocycles. The summed E-state index contributed by atoms with van der Waals surface area (Å²) in [5.41, 5.74) is -0.318. The molecule has 3 aromatic rings. The second kappa shape index (κ2) is 7.05. The molecule has 0 aliphatic rings. The van der Waals surface area contributed by atoms with E-state index in [0.29, 0.717) is 10.7 Å². The maximum absolute atomic E-state index is 12.9. The van der Waals surface area contributed by atoms with Crippen LogP contribution >= 0.6 is 23.2 Å². The van der Waals surface area contributed by atoms with E-state index in [1.165, 1.54) is 12.1 Å². The number of halogens is 5. The third-order valence-corrected chi connectivity index (χ3v) is 4.07. The second-order valence-electron chi connectivity index (χ2n) is 5.32. The summed E-state index contributed by atoms with van der Waals surface area (Å²) in [5, 5.41) is 3.19. The lowest BCUT2D eigenvalue weighted by Crippen LogP contribution is -2.10. The maximum Gasteiger partial charge on any atom is 0.416 e. The van der Waals surface area contributed by atoms with Gasteiger partial charge in [0.25, 0.3) is 5.91 Å². The SMILES string of the molecule is O=C(Nc1ccc(Cl)cc1)c1ccc(-c2cc(C(F)(F)F)ccc2Cl)o1. The highest BCUT2D eigenvalue weighted by molar-refractivity contribution is 6.33. The summed E-state index contributed by atoms with van der Waals surface area (Å²) in [6.07, 6.45) is -4.51. The predicted octanol–water partition coefficient (Wildman–Crippen LogP) is 6.52. The fourth-order valence-corrected chi connectivity index (χ4v) is 2.56. The highest BCUT2D eigenvalue weighted by Crippen LogP contribution is 2.36. The number of carbonyl (C=O) groups is 1. The first-order valence-corrected chi connectivity index (χ1v) is 8.03. The van der Waals surface area contributed by atoms with Gasteiger partial charge < -0.3 is 9.73 Å². The first-order valence-electron chi connectivity index (χ1n) is 7.28. The first-order chi connectivity index (χ1) is 12.2. The molecule has 0 aliphatic heterocycles. The zero-order valence-electron chi connectivity index (χ0n) is 12.9. The lowest BCUT2D eigenvalue weighted by Gasteiger charge is -2.09. The third-order valence-electron chi connectivity index (χ3n) is 3.49. The van der Waals surface area contributed by atoms with Crippen LogP contribution in [-0.4, -0.2) is 5.91 Å². The number of hydrogen-bond acceptors (Lipinski definition) is 2. The Morgan fingerprint density at radius 2 is 1.65 bits per heavy atom. The molecular formula is C18H10Cl2F3NO2. The molecule has 8 heteroatoms. The van der Waals surface area contributed by atoms with E-state index >= 15 is 0 Å². The number of rotatable bonds is 3. The molecule has 26 heavy (non-hydrogen) atoms. The van der Waals surface area contributed by atoms with Gasteiger partial charge in [-0.2, -0.15) is 13.2 Å². The standard InChI is InChI=1S/C18H10Cl2F3NO2/c19-11-2-4-12(5-3-11)24-17(25)16-8-7-15(26-16)13-9-10(18(21,22)23)1-6-14(13)20/h1-9H,(H,24,25). The van der Waals surface area contributed by atoms with E-state index in [1.54, 1.807) is 24.3 Å². The van der Waals surface area contributed by atoms with Crippen LogP contribution in [-0.2, 0) is 6.18 Å². The molecule has 0 fully saturated rings. The van der Waals surface area contributed by atoms with E-state index in [-0.39, 0.29) is 22.1 Å². The minimum atomic E-state index is -4.51. The average Bonchev–Trinajstić information content (AvgIpc) is 3.06.